The predicted molar refractivity (Wildman–Crippen MR) is 118 cm³/mol. The quantitative estimate of drug-likeness (QED) is 0.479. The van der Waals surface area contributed by atoms with Crippen molar-refractivity contribution in [3.63, 3.8) is 0 Å². The zero-order valence-corrected chi connectivity index (χ0v) is 18.3. The highest BCUT2D eigenvalue weighted by Gasteiger charge is 2.15. The van der Waals surface area contributed by atoms with Crippen molar-refractivity contribution in [1.82, 2.24) is 16.0 Å². The molecule has 162 valence electrons. The lowest BCUT2D eigenvalue weighted by Crippen LogP contribution is -2.41. The van der Waals surface area contributed by atoms with Crippen molar-refractivity contribution in [2.45, 2.75) is 45.9 Å². The minimum Gasteiger partial charge on any atom is -0.486 e. The van der Waals surface area contributed by atoms with Gasteiger partial charge in [0, 0.05) is 24.7 Å². The smallest absolute Gasteiger partial charge is 0.251 e. The normalized spacial score (nSPS) is 12.8. The largest absolute Gasteiger partial charge is 0.486 e. The molecule has 30 heavy (non-hydrogen) atoms. The first-order chi connectivity index (χ1) is 14.2. The molecule has 0 aliphatic rings. The second-order valence-electron chi connectivity index (χ2n) is 8.07. The molecule has 0 aliphatic heterocycles. The van der Waals surface area contributed by atoms with E-state index in [2.05, 4.69) is 20.9 Å². The maximum absolute atomic E-state index is 13.7. The number of aliphatic imine (C=N–C) groups is 1. The van der Waals surface area contributed by atoms with Gasteiger partial charge in [0.2, 0.25) is 0 Å². The molecular weight excluding hydrogens is 383 g/mol. The van der Waals surface area contributed by atoms with Crippen LogP contribution in [0.1, 0.15) is 43.6 Å². The Bertz CT molecular complexity index is 878. The highest BCUT2D eigenvalue weighted by Crippen LogP contribution is 2.16. The van der Waals surface area contributed by atoms with Crippen LogP contribution in [0.25, 0.3) is 0 Å². The van der Waals surface area contributed by atoms with Crippen molar-refractivity contribution in [3.05, 3.63) is 65.5 Å². The lowest BCUT2D eigenvalue weighted by atomic mass is 10.1. The van der Waals surface area contributed by atoms with Gasteiger partial charge in [-0.1, -0.05) is 24.3 Å². The molecule has 1 amide bonds. The summed E-state index contributed by atoms with van der Waals surface area (Å²) >= 11 is 0. The summed E-state index contributed by atoms with van der Waals surface area (Å²) in [5.74, 6) is 0.317. The lowest BCUT2D eigenvalue weighted by molar-refractivity contribution is 0.0919. The molecule has 0 saturated heterocycles. The Hall–Kier alpha value is -3.09. The summed E-state index contributed by atoms with van der Waals surface area (Å²) in [6.45, 7) is 8.64. The van der Waals surface area contributed by atoms with Crippen LogP contribution in [0.5, 0.6) is 5.75 Å². The molecule has 6 nitrogen and oxygen atoms in total. The Morgan fingerprint density at radius 3 is 2.53 bits per heavy atom. The monoisotopic (exact) mass is 414 g/mol. The number of amides is 1. The maximum Gasteiger partial charge on any atom is 0.251 e. The lowest BCUT2D eigenvalue weighted by Gasteiger charge is -2.21. The second kappa shape index (κ2) is 10.6. The molecule has 3 N–H and O–H groups in total. The minimum atomic E-state index is -0.387. The van der Waals surface area contributed by atoms with Crippen molar-refractivity contribution >= 4 is 11.9 Å². The van der Waals surface area contributed by atoms with E-state index < -0.39 is 0 Å². The van der Waals surface area contributed by atoms with E-state index in [9.17, 15) is 9.18 Å². The van der Waals surface area contributed by atoms with E-state index in [1.165, 1.54) is 6.07 Å². The molecule has 2 aromatic carbocycles. The zero-order valence-electron chi connectivity index (χ0n) is 18.3. The predicted octanol–water partition coefficient (Wildman–Crippen LogP) is 3.49. The minimum absolute atomic E-state index is 0.106. The summed E-state index contributed by atoms with van der Waals surface area (Å²) in [6.07, 6.45) is -0.259. The van der Waals surface area contributed by atoms with Gasteiger partial charge in [0.25, 0.3) is 5.91 Å². The summed E-state index contributed by atoms with van der Waals surface area (Å²) in [5, 5.41) is 9.33. The molecule has 0 saturated carbocycles. The number of carbonyl (C=O) groups is 1. The van der Waals surface area contributed by atoms with Crippen LogP contribution < -0.4 is 20.7 Å². The first kappa shape index (κ1) is 23.2. The van der Waals surface area contributed by atoms with Gasteiger partial charge < -0.3 is 20.7 Å². The molecule has 7 heteroatoms. The van der Waals surface area contributed by atoms with E-state index in [0.717, 1.165) is 5.56 Å². The van der Waals surface area contributed by atoms with Crippen LogP contribution in [0.2, 0.25) is 0 Å². The van der Waals surface area contributed by atoms with Crippen LogP contribution in [0, 0.1) is 5.82 Å². The third-order valence-corrected chi connectivity index (χ3v) is 4.08. The number of halogens is 1. The fraction of sp³-hybridized carbons (Fsp3) is 0.391. The number of nitrogens with zero attached hydrogens (tertiary/aromatic N) is 1. The number of guanidine groups is 1. The van der Waals surface area contributed by atoms with Crippen molar-refractivity contribution < 1.29 is 13.9 Å². The van der Waals surface area contributed by atoms with Crippen LogP contribution in [0.15, 0.2) is 53.5 Å². The van der Waals surface area contributed by atoms with Gasteiger partial charge in [-0.25, -0.2) is 4.39 Å². The molecule has 0 aromatic heterocycles. The van der Waals surface area contributed by atoms with Crippen LogP contribution >= 0.6 is 0 Å². The standard InChI is InChI=1S/C23H31FN4O2/c1-16(30-20-12-7-6-11-19(20)24)14-26-22(25-5)27-15-17-9-8-10-18(13-17)21(29)28-23(2,3)4/h6-13,16H,14-15H2,1-5H3,(H,28,29)(H2,25,26,27). The summed E-state index contributed by atoms with van der Waals surface area (Å²) in [6, 6.07) is 13.8. The number of hydrogen-bond acceptors (Lipinski definition) is 3. The third-order valence-electron chi connectivity index (χ3n) is 4.08. The average Bonchev–Trinajstić information content (AvgIpc) is 2.69. The van der Waals surface area contributed by atoms with Crippen LogP contribution in [0.4, 0.5) is 4.39 Å². The third kappa shape index (κ3) is 7.73. The average molecular weight is 415 g/mol. The van der Waals surface area contributed by atoms with Gasteiger partial charge in [0.05, 0.1) is 6.54 Å². The molecule has 0 heterocycles. The summed E-state index contributed by atoms with van der Waals surface area (Å²) in [5.41, 5.74) is 1.27. The summed E-state index contributed by atoms with van der Waals surface area (Å²) in [7, 11) is 1.67. The van der Waals surface area contributed by atoms with Gasteiger partial charge in [-0.3, -0.25) is 9.79 Å². The van der Waals surface area contributed by atoms with Crippen molar-refractivity contribution in [2.24, 2.45) is 4.99 Å². The van der Waals surface area contributed by atoms with Gasteiger partial charge in [-0.15, -0.1) is 0 Å². The molecule has 0 aliphatic carbocycles. The molecule has 2 aromatic rings. The van der Waals surface area contributed by atoms with E-state index in [0.29, 0.717) is 24.6 Å². The Morgan fingerprint density at radius 2 is 1.87 bits per heavy atom. The molecule has 1 unspecified atom stereocenters. The van der Waals surface area contributed by atoms with E-state index in [4.69, 9.17) is 4.74 Å². The SMILES string of the molecule is CN=C(NCc1cccc(C(=O)NC(C)(C)C)c1)NCC(C)Oc1ccccc1F. The van der Waals surface area contributed by atoms with Gasteiger partial charge in [0.15, 0.2) is 17.5 Å². The van der Waals surface area contributed by atoms with Crippen molar-refractivity contribution in [3.8, 4) is 5.75 Å². The van der Waals surface area contributed by atoms with E-state index in [1.54, 1.807) is 31.3 Å². The Labute approximate surface area is 177 Å². The number of benzene rings is 2. The van der Waals surface area contributed by atoms with Gasteiger partial charge >= 0.3 is 0 Å². The number of rotatable bonds is 7. The fourth-order valence-electron chi connectivity index (χ4n) is 2.68. The Balaban J connectivity index is 1.86. The number of hydrogen-bond donors (Lipinski definition) is 3. The van der Waals surface area contributed by atoms with Gasteiger partial charge in [-0.05, 0) is 57.5 Å². The van der Waals surface area contributed by atoms with Gasteiger partial charge in [-0.2, -0.15) is 0 Å². The Morgan fingerprint density at radius 1 is 1.13 bits per heavy atom. The first-order valence-electron chi connectivity index (χ1n) is 9.95. The van der Waals surface area contributed by atoms with Gasteiger partial charge in [0.1, 0.15) is 6.10 Å². The first-order valence-corrected chi connectivity index (χ1v) is 9.95. The zero-order chi connectivity index (χ0) is 22.1. The number of ether oxygens (including phenoxy) is 1. The van der Waals surface area contributed by atoms with Crippen molar-refractivity contribution in [1.29, 1.82) is 0 Å². The molecular formula is C23H31FN4O2. The molecule has 2 rings (SSSR count). The Kier molecular flexibility index (Phi) is 8.21. The summed E-state index contributed by atoms with van der Waals surface area (Å²) in [4.78, 5) is 16.5. The molecule has 0 spiro atoms. The fourth-order valence-corrected chi connectivity index (χ4v) is 2.68. The van der Waals surface area contributed by atoms with Crippen molar-refractivity contribution in [2.75, 3.05) is 13.6 Å². The van der Waals surface area contributed by atoms with Crippen LogP contribution in [-0.2, 0) is 6.54 Å². The maximum atomic E-state index is 13.7. The molecule has 0 radical (unpaired) electrons. The number of carbonyl (C=O) groups excluding carboxylic acids is 1. The van der Waals surface area contributed by atoms with Crippen LogP contribution in [-0.4, -0.2) is 37.1 Å². The van der Waals surface area contributed by atoms with E-state index >= 15 is 0 Å². The van der Waals surface area contributed by atoms with E-state index in [1.807, 2.05) is 45.9 Å². The highest BCUT2D eigenvalue weighted by molar-refractivity contribution is 5.94. The molecule has 0 fully saturated rings. The van der Waals surface area contributed by atoms with Crippen LogP contribution in [0.3, 0.4) is 0 Å². The number of nitrogens with one attached hydrogen (secondary N) is 3. The highest BCUT2D eigenvalue weighted by atomic mass is 19.1. The van der Waals surface area contributed by atoms with E-state index in [-0.39, 0.29) is 29.1 Å². The summed E-state index contributed by atoms with van der Waals surface area (Å²) < 4.78 is 19.3. The topological polar surface area (TPSA) is 74.8 Å². The molecule has 1 atom stereocenters. The molecule has 0 bridgehead atoms. The number of para-hydroxylation sites is 1. The second-order valence-corrected chi connectivity index (χ2v) is 8.07.